The first-order chi connectivity index (χ1) is 5.87. The van der Waals surface area contributed by atoms with E-state index in [4.69, 9.17) is 0 Å². The molecule has 0 aromatic carbocycles. The lowest BCUT2D eigenvalue weighted by molar-refractivity contribution is -0.136. The molecule has 0 aliphatic rings. The molecule has 0 aliphatic carbocycles. The Hall–Kier alpha value is -0.250. The van der Waals surface area contributed by atoms with Crippen molar-refractivity contribution in [2.24, 2.45) is 5.92 Å². The van der Waals surface area contributed by atoms with Crippen molar-refractivity contribution in [3.8, 4) is 0 Å². The third-order valence-corrected chi connectivity index (χ3v) is 2.26. The predicted octanol–water partition coefficient (Wildman–Crippen LogP) is 3.13. The lowest BCUT2D eigenvalue weighted by Gasteiger charge is -2.17. The quantitative estimate of drug-likeness (QED) is 0.719. The van der Waals surface area contributed by atoms with Crippen molar-refractivity contribution in [1.82, 2.24) is 0 Å². The minimum atomic E-state index is -4.09. The van der Waals surface area contributed by atoms with E-state index in [-0.39, 0.29) is 18.8 Å². The van der Waals surface area contributed by atoms with Crippen LogP contribution in [-0.2, 0) is 0 Å². The smallest absolute Gasteiger partial charge is 0.389 e. The van der Waals surface area contributed by atoms with E-state index in [1.807, 2.05) is 13.8 Å². The van der Waals surface area contributed by atoms with E-state index < -0.39 is 18.7 Å². The van der Waals surface area contributed by atoms with Crippen molar-refractivity contribution in [2.75, 3.05) is 0 Å². The summed E-state index contributed by atoms with van der Waals surface area (Å²) in [5.41, 5.74) is 0. The minimum Gasteiger partial charge on any atom is -0.393 e. The first kappa shape index (κ1) is 12.8. The number of hydrogen-bond donors (Lipinski definition) is 1. The van der Waals surface area contributed by atoms with Gasteiger partial charge in [-0.05, 0) is 18.8 Å². The first-order valence-corrected chi connectivity index (χ1v) is 4.61. The fourth-order valence-electron chi connectivity index (χ4n) is 1.07. The van der Waals surface area contributed by atoms with E-state index in [9.17, 15) is 18.3 Å². The van der Waals surface area contributed by atoms with E-state index >= 15 is 0 Å². The summed E-state index contributed by atoms with van der Waals surface area (Å²) in [6, 6.07) is 0. The third-order valence-electron chi connectivity index (χ3n) is 2.26. The summed E-state index contributed by atoms with van der Waals surface area (Å²) in [6.07, 6.45) is -4.40. The van der Waals surface area contributed by atoms with Crippen molar-refractivity contribution in [3.05, 3.63) is 0 Å². The lowest BCUT2D eigenvalue weighted by Crippen LogP contribution is -2.18. The third kappa shape index (κ3) is 6.87. The molecule has 0 heterocycles. The Morgan fingerprint density at radius 3 is 2.23 bits per heavy atom. The van der Waals surface area contributed by atoms with Gasteiger partial charge in [0, 0.05) is 6.42 Å². The Morgan fingerprint density at radius 1 is 1.31 bits per heavy atom. The second-order valence-corrected chi connectivity index (χ2v) is 3.46. The van der Waals surface area contributed by atoms with Crippen LogP contribution in [0.25, 0.3) is 0 Å². The highest BCUT2D eigenvalue weighted by Crippen LogP contribution is 2.24. The van der Waals surface area contributed by atoms with Crippen LogP contribution in [0.5, 0.6) is 0 Å². The molecule has 0 bridgehead atoms. The van der Waals surface area contributed by atoms with E-state index in [1.165, 1.54) is 0 Å². The van der Waals surface area contributed by atoms with Gasteiger partial charge in [0.25, 0.3) is 0 Å². The zero-order chi connectivity index (χ0) is 10.5. The fourth-order valence-corrected chi connectivity index (χ4v) is 1.07. The highest BCUT2D eigenvalue weighted by Gasteiger charge is 2.26. The zero-order valence-corrected chi connectivity index (χ0v) is 8.06. The molecule has 1 nitrogen and oxygen atoms in total. The van der Waals surface area contributed by atoms with Crippen LogP contribution in [0, 0.1) is 5.92 Å². The number of halogens is 3. The molecule has 0 radical (unpaired) electrons. The van der Waals surface area contributed by atoms with Gasteiger partial charge < -0.3 is 5.11 Å². The summed E-state index contributed by atoms with van der Waals surface area (Å²) < 4.78 is 35.1. The molecular weight excluding hydrogens is 181 g/mol. The van der Waals surface area contributed by atoms with Crippen LogP contribution in [0.3, 0.4) is 0 Å². The number of aliphatic hydroxyl groups is 1. The molecule has 2 atom stereocenters. The normalized spacial score (nSPS) is 17.1. The molecule has 0 saturated heterocycles. The maximum absolute atomic E-state index is 11.7. The zero-order valence-electron chi connectivity index (χ0n) is 8.06. The topological polar surface area (TPSA) is 20.2 Å². The van der Waals surface area contributed by atoms with Gasteiger partial charge in [0.05, 0.1) is 6.10 Å². The molecule has 13 heavy (non-hydrogen) atoms. The summed E-state index contributed by atoms with van der Waals surface area (Å²) >= 11 is 0. The van der Waals surface area contributed by atoms with Crippen LogP contribution < -0.4 is 0 Å². The minimum absolute atomic E-state index is 0.0228. The van der Waals surface area contributed by atoms with Gasteiger partial charge in [0.2, 0.25) is 0 Å². The highest BCUT2D eigenvalue weighted by atomic mass is 19.4. The Labute approximate surface area is 76.9 Å². The van der Waals surface area contributed by atoms with Crippen molar-refractivity contribution < 1.29 is 18.3 Å². The SMILES string of the molecule is CCC(C)C(O)CCCC(F)(F)F. The maximum atomic E-state index is 11.7. The molecule has 2 unspecified atom stereocenters. The monoisotopic (exact) mass is 198 g/mol. The van der Waals surface area contributed by atoms with Crippen LogP contribution in [0.1, 0.15) is 39.5 Å². The average Bonchev–Trinajstić information content (AvgIpc) is 2.00. The fraction of sp³-hybridized carbons (Fsp3) is 1.00. The Balaban J connectivity index is 3.53. The van der Waals surface area contributed by atoms with Crippen LogP contribution in [-0.4, -0.2) is 17.4 Å². The van der Waals surface area contributed by atoms with Crippen LogP contribution >= 0.6 is 0 Å². The van der Waals surface area contributed by atoms with Gasteiger partial charge >= 0.3 is 6.18 Å². The van der Waals surface area contributed by atoms with Crippen molar-refractivity contribution >= 4 is 0 Å². The Kier molecular flexibility index (Phi) is 5.37. The lowest BCUT2D eigenvalue weighted by atomic mass is 9.97. The molecule has 80 valence electrons. The summed E-state index contributed by atoms with van der Waals surface area (Å²) in [5.74, 6) is 0.0910. The summed E-state index contributed by atoms with van der Waals surface area (Å²) in [7, 11) is 0. The standard InChI is InChI=1S/C9H17F3O/c1-3-7(2)8(13)5-4-6-9(10,11)12/h7-8,13H,3-6H2,1-2H3. The molecule has 0 spiro atoms. The first-order valence-electron chi connectivity index (χ1n) is 4.61. The van der Waals surface area contributed by atoms with E-state index in [0.717, 1.165) is 6.42 Å². The summed E-state index contributed by atoms with van der Waals surface area (Å²) in [6.45, 7) is 3.76. The second-order valence-electron chi connectivity index (χ2n) is 3.46. The van der Waals surface area contributed by atoms with Gasteiger partial charge in [-0.2, -0.15) is 13.2 Å². The van der Waals surface area contributed by atoms with Crippen molar-refractivity contribution in [1.29, 1.82) is 0 Å². The van der Waals surface area contributed by atoms with Gasteiger partial charge in [0.1, 0.15) is 0 Å². The molecule has 0 aliphatic heterocycles. The second kappa shape index (κ2) is 5.47. The van der Waals surface area contributed by atoms with E-state index in [2.05, 4.69) is 0 Å². The predicted molar refractivity (Wildman–Crippen MR) is 45.4 cm³/mol. The Bertz CT molecular complexity index is 133. The largest absolute Gasteiger partial charge is 0.393 e. The molecular formula is C9H17F3O. The molecule has 0 fully saturated rings. The molecule has 0 amide bonds. The van der Waals surface area contributed by atoms with Gasteiger partial charge in [-0.25, -0.2) is 0 Å². The number of rotatable bonds is 5. The van der Waals surface area contributed by atoms with Gasteiger partial charge in [-0.1, -0.05) is 20.3 Å². The summed E-state index contributed by atoms with van der Waals surface area (Å²) in [4.78, 5) is 0. The number of alkyl halides is 3. The molecule has 1 N–H and O–H groups in total. The Morgan fingerprint density at radius 2 is 1.85 bits per heavy atom. The molecule has 0 saturated carbocycles. The van der Waals surface area contributed by atoms with E-state index in [1.54, 1.807) is 0 Å². The highest BCUT2D eigenvalue weighted by molar-refractivity contribution is 4.64. The van der Waals surface area contributed by atoms with Crippen LogP contribution in [0.15, 0.2) is 0 Å². The van der Waals surface area contributed by atoms with Crippen LogP contribution in [0.2, 0.25) is 0 Å². The number of aliphatic hydroxyl groups excluding tert-OH is 1. The van der Waals surface area contributed by atoms with Gasteiger partial charge in [-0.3, -0.25) is 0 Å². The van der Waals surface area contributed by atoms with Gasteiger partial charge in [0.15, 0.2) is 0 Å². The maximum Gasteiger partial charge on any atom is 0.389 e. The van der Waals surface area contributed by atoms with Crippen LogP contribution in [0.4, 0.5) is 13.2 Å². The molecule has 0 aromatic heterocycles. The molecule has 0 aromatic rings. The summed E-state index contributed by atoms with van der Waals surface area (Å²) in [5, 5.41) is 9.35. The van der Waals surface area contributed by atoms with Crippen molar-refractivity contribution in [3.63, 3.8) is 0 Å². The average molecular weight is 198 g/mol. The molecule has 4 heteroatoms. The van der Waals surface area contributed by atoms with Crippen molar-refractivity contribution in [2.45, 2.75) is 51.8 Å². The van der Waals surface area contributed by atoms with E-state index in [0.29, 0.717) is 0 Å². The van der Waals surface area contributed by atoms with Gasteiger partial charge in [-0.15, -0.1) is 0 Å². The molecule has 0 rings (SSSR count). The number of hydrogen-bond acceptors (Lipinski definition) is 1.